The lowest BCUT2D eigenvalue weighted by atomic mass is 9.80. The predicted molar refractivity (Wildman–Crippen MR) is 117 cm³/mol. The summed E-state index contributed by atoms with van der Waals surface area (Å²) in [6.07, 6.45) is 0. The second-order valence-corrected chi connectivity index (χ2v) is 7.35. The Morgan fingerprint density at radius 2 is 0.862 bits per heavy atom. The summed E-state index contributed by atoms with van der Waals surface area (Å²) in [6.45, 7) is 0. The van der Waals surface area contributed by atoms with Crippen LogP contribution in [-0.4, -0.2) is 4.89 Å². The zero-order valence-corrected chi connectivity index (χ0v) is 16.7. The first-order chi connectivity index (χ1) is 14.3. The van der Waals surface area contributed by atoms with E-state index in [0.29, 0.717) is 5.75 Å². The van der Waals surface area contributed by atoms with Crippen molar-refractivity contribution in [1.82, 2.24) is 0 Å². The molecule has 4 rings (SSSR count). The van der Waals surface area contributed by atoms with E-state index < -0.39 is 14.2 Å². The molecule has 0 aliphatic carbocycles. The van der Waals surface area contributed by atoms with Gasteiger partial charge in [-0.05, 0) is 28.8 Å². The normalized spacial score (nSPS) is 12.3. The highest BCUT2D eigenvalue weighted by molar-refractivity contribution is 7.41. The number of benzene rings is 4. The molecule has 0 aliphatic rings. The predicted octanol–water partition coefficient (Wildman–Crippen LogP) is 6.29. The minimum absolute atomic E-state index is 0.559. The molecule has 0 aliphatic heterocycles. The van der Waals surface area contributed by atoms with E-state index in [1.165, 1.54) is 0 Å². The molecular weight excluding hydrogens is 379 g/mol. The van der Waals surface area contributed by atoms with E-state index >= 15 is 0 Å². The lowest BCUT2D eigenvalue weighted by Gasteiger charge is -2.36. The molecule has 0 aromatic heterocycles. The molecule has 0 bridgehead atoms. The van der Waals surface area contributed by atoms with Gasteiger partial charge in [0.15, 0.2) is 5.60 Å². The number of para-hydroxylation sites is 1. The fourth-order valence-corrected chi connectivity index (χ4v) is 4.27. The molecule has 4 aromatic rings. The zero-order valence-electron chi connectivity index (χ0n) is 15.8. The molecule has 144 valence electrons. The highest BCUT2D eigenvalue weighted by Gasteiger charge is 2.41. The largest absolute Gasteiger partial charge is 0.427 e. The standard InChI is InChI=1S/C25H21O3P/c26-29(27-24-19-11-4-12-20-24)28-25(21-13-5-1-6-14-21,22-15-7-2-8-16-22)23-17-9-3-10-18-23/h1-20,26H. The van der Waals surface area contributed by atoms with Gasteiger partial charge in [-0.15, -0.1) is 0 Å². The second-order valence-electron chi connectivity index (χ2n) is 6.51. The molecule has 0 fully saturated rings. The van der Waals surface area contributed by atoms with E-state index in [1.54, 1.807) is 12.1 Å². The smallest absolute Gasteiger partial charge is 0.396 e. The maximum atomic E-state index is 10.8. The summed E-state index contributed by atoms with van der Waals surface area (Å²) in [4.78, 5) is 10.8. The van der Waals surface area contributed by atoms with Crippen LogP contribution in [0.15, 0.2) is 121 Å². The lowest BCUT2D eigenvalue weighted by molar-refractivity contribution is 0.133. The van der Waals surface area contributed by atoms with Gasteiger partial charge in [0.05, 0.1) is 0 Å². The summed E-state index contributed by atoms with van der Waals surface area (Å²) in [5.41, 5.74) is 1.72. The first-order valence-electron chi connectivity index (χ1n) is 9.37. The van der Waals surface area contributed by atoms with Gasteiger partial charge in [-0.2, -0.15) is 0 Å². The van der Waals surface area contributed by atoms with Crippen molar-refractivity contribution in [1.29, 1.82) is 0 Å². The average Bonchev–Trinajstić information content (AvgIpc) is 2.80. The summed E-state index contributed by atoms with van der Waals surface area (Å²) >= 11 is 0. The van der Waals surface area contributed by atoms with Gasteiger partial charge in [0.1, 0.15) is 5.75 Å². The maximum absolute atomic E-state index is 10.8. The van der Waals surface area contributed by atoms with Crippen molar-refractivity contribution >= 4 is 8.60 Å². The Bertz CT molecular complexity index is 912. The van der Waals surface area contributed by atoms with Crippen molar-refractivity contribution in [3.63, 3.8) is 0 Å². The third kappa shape index (κ3) is 4.23. The fourth-order valence-electron chi connectivity index (χ4n) is 3.38. The van der Waals surface area contributed by atoms with Crippen LogP contribution in [0.4, 0.5) is 0 Å². The van der Waals surface area contributed by atoms with Gasteiger partial charge in [-0.3, -0.25) is 4.52 Å². The van der Waals surface area contributed by atoms with E-state index in [4.69, 9.17) is 9.05 Å². The Hall–Kier alpha value is -2.97. The van der Waals surface area contributed by atoms with E-state index in [0.717, 1.165) is 16.7 Å². The molecular formula is C25H21O3P. The molecule has 0 radical (unpaired) electrons. The third-order valence-corrected chi connectivity index (χ3v) is 5.48. The van der Waals surface area contributed by atoms with Crippen LogP contribution in [0.25, 0.3) is 0 Å². The quantitative estimate of drug-likeness (QED) is 0.293. The molecule has 1 atom stereocenters. The first-order valence-corrected chi connectivity index (χ1v) is 10.5. The maximum Gasteiger partial charge on any atom is 0.396 e. The van der Waals surface area contributed by atoms with E-state index in [1.807, 2.05) is 109 Å². The van der Waals surface area contributed by atoms with Crippen molar-refractivity contribution in [2.24, 2.45) is 0 Å². The Labute approximate surface area is 172 Å². The number of hydrogen-bond donors (Lipinski definition) is 1. The summed E-state index contributed by atoms with van der Waals surface area (Å²) in [5.74, 6) is 0.559. The van der Waals surface area contributed by atoms with Crippen molar-refractivity contribution in [2.45, 2.75) is 5.60 Å². The highest BCUT2D eigenvalue weighted by atomic mass is 31.2. The van der Waals surface area contributed by atoms with Gasteiger partial charge in [-0.1, -0.05) is 109 Å². The summed E-state index contributed by atoms with van der Waals surface area (Å²) in [6, 6.07) is 39.0. The van der Waals surface area contributed by atoms with Gasteiger partial charge < -0.3 is 9.42 Å². The monoisotopic (exact) mass is 400 g/mol. The van der Waals surface area contributed by atoms with Crippen LogP contribution < -0.4 is 4.52 Å². The molecule has 0 saturated heterocycles. The molecule has 0 heterocycles. The van der Waals surface area contributed by atoms with Gasteiger partial charge in [0.2, 0.25) is 0 Å². The minimum atomic E-state index is -2.22. The van der Waals surface area contributed by atoms with Gasteiger partial charge >= 0.3 is 8.60 Å². The molecule has 0 saturated carbocycles. The summed E-state index contributed by atoms with van der Waals surface area (Å²) < 4.78 is 12.1. The second kappa shape index (κ2) is 9.02. The topological polar surface area (TPSA) is 38.7 Å². The van der Waals surface area contributed by atoms with Crippen LogP contribution >= 0.6 is 8.60 Å². The molecule has 4 aromatic carbocycles. The van der Waals surface area contributed by atoms with Crippen molar-refractivity contribution in [3.05, 3.63) is 138 Å². The van der Waals surface area contributed by atoms with Crippen LogP contribution in [0.3, 0.4) is 0 Å². The summed E-state index contributed by atoms with van der Waals surface area (Å²) in [5, 5.41) is 0. The molecule has 29 heavy (non-hydrogen) atoms. The molecule has 4 heteroatoms. The van der Waals surface area contributed by atoms with Crippen LogP contribution in [-0.2, 0) is 10.1 Å². The molecule has 1 unspecified atom stereocenters. The van der Waals surface area contributed by atoms with Gasteiger partial charge in [-0.25, -0.2) is 0 Å². The number of hydrogen-bond acceptors (Lipinski definition) is 3. The Morgan fingerprint density at radius 1 is 0.517 bits per heavy atom. The molecule has 0 amide bonds. The third-order valence-electron chi connectivity index (χ3n) is 4.68. The number of rotatable bonds is 7. The lowest BCUT2D eigenvalue weighted by Crippen LogP contribution is -2.31. The average molecular weight is 400 g/mol. The van der Waals surface area contributed by atoms with Crippen LogP contribution in [0.5, 0.6) is 5.75 Å². The Kier molecular flexibility index (Phi) is 6.02. The molecule has 0 spiro atoms. The van der Waals surface area contributed by atoms with Crippen LogP contribution in [0.2, 0.25) is 0 Å². The van der Waals surface area contributed by atoms with Crippen molar-refractivity contribution in [2.75, 3.05) is 0 Å². The van der Waals surface area contributed by atoms with Crippen LogP contribution in [0.1, 0.15) is 16.7 Å². The van der Waals surface area contributed by atoms with E-state index in [-0.39, 0.29) is 0 Å². The van der Waals surface area contributed by atoms with Crippen molar-refractivity contribution in [3.8, 4) is 5.75 Å². The van der Waals surface area contributed by atoms with Gasteiger partial charge in [0, 0.05) is 0 Å². The van der Waals surface area contributed by atoms with Gasteiger partial charge in [0.25, 0.3) is 0 Å². The summed E-state index contributed by atoms with van der Waals surface area (Å²) in [7, 11) is -2.22. The van der Waals surface area contributed by atoms with E-state index in [9.17, 15) is 4.89 Å². The molecule has 1 N–H and O–H groups in total. The first kappa shape index (κ1) is 19.4. The SMILES string of the molecule is OP(Oc1ccccc1)OC(c1ccccc1)(c1ccccc1)c1ccccc1. The highest BCUT2D eigenvalue weighted by Crippen LogP contribution is 2.50. The minimum Gasteiger partial charge on any atom is -0.427 e. The van der Waals surface area contributed by atoms with Crippen molar-refractivity contribution < 1.29 is 13.9 Å². The Morgan fingerprint density at radius 3 is 1.24 bits per heavy atom. The fraction of sp³-hybridized carbons (Fsp3) is 0.0400. The zero-order chi connectivity index (χ0) is 19.9. The van der Waals surface area contributed by atoms with E-state index in [2.05, 4.69) is 0 Å². The molecule has 3 nitrogen and oxygen atoms in total. The van der Waals surface area contributed by atoms with Crippen LogP contribution in [0, 0.1) is 0 Å². The Balaban J connectivity index is 1.83.